The Labute approximate surface area is 174 Å². The first-order valence-corrected chi connectivity index (χ1v) is 9.65. The molecule has 0 fully saturated rings. The minimum Gasteiger partial charge on any atom is -0.506 e. The number of ether oxygens (including phenoxy) is 1. The second-order valence-electron chi connectivity index (χ2n) is 5.56. The highest BCUT2D eigenvalue weighted by Gasteiger charge is 2.09. The molecule has 0 heterocycles. The third-order valence-electron chi connectivity index (χ3n) is 3.67. The number of nitrogens with zero attached hydrogens (tertiary/aromatic N) is 1. The van der Waals surface area contributed by atoms with E-state index in [1.54, 1.807) is 6.07 Å². The molecule has 2 N–H and O–H groups in total. The van der Waals surface area contributed by atoms with Gasteiger partial charge in [-0.15, -0.1) is 0 Å². The molecule has 0 bridgehead atoms. The summed E-state index contributed by atoms with van der Waals surface area (Å²) in [6.07, 6.45) is 1.42. The van der Waals surface area contributed by atoms with Crippen LogP contribution in [0.1, 0.15) is 22.3 Å². The third-order valence-corrected chi connectivity index (χ3v) is 5.12. The lowest BCUT2D eigenvalue weighted by molar-refractivity contribution is -0.123. The van der Waals surface area contributed by atoms with E-state index < -0.39 is 0 Å². The molecule has 132 valence electrons. The van der Waals surface area contributed by atoms with Gasteiger partial charge in [0.25, 0.3) is 5.91 Å². The smallest absolute Gasteiger partial charge is 0.277 e. The number of hydrogen-bond acceptors (Lipinski definition) is 4. The lowest BCUT2D eigenvalue weighted by atomic mass is 10.1. The van der Waals surface area contributed by atoms with Crippen molar-refractivity contribution in [3.05, 3.63) is 53.7 Å². The predicted molar refractivity (Wildman–Crippen MR) is 115 cm³/mol. The number of hydrazone groups is 1. The molecule has 0 saturated heterocycles. The molecule has 0 aromatic heterocycles. The van der Waals surface area contributed by atoms with Crippen molar-refractivity contribution in [1.29, 1.82) is 0 Å². The minimum atomic E-state index is -0.364. The number of benzene rings is 2. The zero-order chi connectivity index (χ0) is 18.6. The van der Waals surface area contributed by atoms with Crippen molar-refractivity contribution in [3.8, 4) is 11.5 Å². The first-order valence-electron chi connectivity index (χ1n) is 7.49. The van der Waals surface area contributed by atoms with Crippen LogP contribution < -0.4 is 10.2 Å². The highest BCUT2D eigenvalue weighted by molar-refractivity contribution is 14.1. The van der Waals surface area contributed by atoms with E-state index in [0.717, 1.165) is 29.6 Å². The van der Waals surface area contributed by atoms with Crippen molar-refractivity contribution in [2.75, 3.05) is 6.61 Å². The average Bonchev–Trinajstić information content (AvgIpc) is 2.55. The summed E-state index contributed by atoms with van der Waals surface area (Å²) in [6, 6.07) is 7.63. The fraction of sp³-hybridized carbons (Fsp3) is 0.222. The van der Waals surface area contributed by atoms with Crippen molar-refractivity contribution < 1.29 is 14.6 Å². The monoisotopic (exact) mass is 564 g/mol. The number of aromatic hydroxyl groups is 1. The molecule has 0 aliphatic rings. The van der Waals surface area contributed by atoms with E-state index in [2.05, 4.69) is 33.1 Å². The predicted octanol–water partition coefficient (Wildman–Crippen LogP) is 4.06. The molecular weight excluding hydrogens is 546 g/mol. The molecule has 0 aliphatic carbocycles. The van der Waals surface area contributed by atoms with Gasteiger partial charge in [-0.2, -0.15) is 5.10 Å². The van der Waals surface area contributed by atoms with Crippen LogP contribution in [0.5, 0.6) is 11.5 Å². The summed E-state index contributed by atoms with van der Waals surface area (Å²) in [5.41, 5.74) is 6.08. The number of phenols is 1. The Kier molecular flexibility index (Phi) is 7.05. The summed E-state index contributed by atoms with van der Waals surface area (Å²) in [5.74, 6) is 0.501. The highest BCUT2D eigenvalue weighted by Crippen LogP contribution is 2.26. The van der Waals surface area contributed by atoms with Crippen LogP contribution in [0, 0.1) is 27.9 Å². The van der Waals surface area contributed by atoms with E-state index in [4.69, 9.17) is 4.74 Å². The van der Waals surface area contributed by atoms with Gasteiger partial charge in [0.2, 0.25) is 0 Å². The zero-order valence-electron chi connectivity index (χ0n) is 14.1. The number of aryl methyl sites for hydroxylation is 2. The Bertz CT molecular complexity index is 836. The van der Waals surface area contributed by atoms with Crippen molar-refractivity contribution >= 4 is 57.3 Å². The highest BCUT2D eigenvalue weighted by atomic mass is 127. The SMILES string of the molecule is Cc1ccc(C)c(OCC(=O)N/N=C/c2cc(I)cc(I)c2O)c1C. The minimum absolute atomic E-state index is 0.127. The maximum Gasteiger partial charge on any atom is 0.277 e. The number of nitrogens with one attached hydrogen (secondary N) is 1. The lowest BCUT2D eigenvalue weighted by Gasteiger charge is -2.13. The summed E-state index contributed by atoms with van der Waals surface area (Å²) >= 11 is 4.20. The van der Waals surface area contributed by atoms with E-state index in [0.29, 0.717) is 5.56 Å². The lowest BCUT2D eigenvalue weighted by Crippen LogP contribution is -2.25. The van der Waals surface area contributed by atoms with Gasteiger partial charge in [0.1, 0.15) is 11.5 Å². The van der Waals surface area contributed by atoms with Crippen molar-refractivity contribution in [2.24, 2.45) is 5.10 Å². The number of amides is 1. The molecule has 2 aromatic rings. The number of carbonyl (C=O) groups is 1. The second-order valence-corrected chi connectivity index (χ2v) is 7.97. The standard InChI is InChI=1S/C18H18I2N2O3/c1-10-4-5-11(2)18(12(10)3)25-9-16(23)22-21-8-13-6-14(19)7-15(20)17(13)24/h4-8,24H,9H2,1-3H3,(H,22,23)/b21-8+. The molecule has 0 saturated carbocycles. The van der Waals surface area contributed by atoms with Crippen molar-refractivity contribution in [3.63, 3.8) is 0 Å². The summed E-state index contributed by atoms with van der Waals surface area (Å²) in [7, 11) is 0. The van der Waals surface area contributed by atoms with Gasteiger partial charge in [-0.25, -0.2) is 5.43 Å². The first kappa shape index (κ1) is 20.0. The van der Waals surface area contributed by atoms with Gasteiger partial charge in [-0.1, -0.05) is 12.1 Å². The van der Waals surface area contributed by atoms with E-state index >= 15 is 0 Å². The fourth-order valence-corrected chi connectivity index (χ4v) is 4.07. The van der Waals surface area contributed by atoms with Crippen molar-refractivity contribution in [1.82, 2.24) is 5.43 Å². The quantitative estimate of drug-likeness (QED) is 0.327. The molecule has 0 unspecified atom stereocenters. The van der Waals surface area contributed by atoms with Gasteiger partial charge in [0.15, 0.2) is 6.61 Å². The van der Waals surface area contributed by atoms with Gasteiger partial charge in [-0.05, 0) is 94.8 Å². The Morgan fingerprint density at radius 1 is 1.24 bits per heavy atom. The molecule has 0 atom stereocenters. The topological polar surface area (TPSA) is 70.9 Å². The van der Waals surface area contributed by atoms with E-state index in [1.807, 2.05) is 61.6 Å². The summed E-state index contributed by atoms with van der Waals surface area (Å²) in [4.78, 5) is 11.9. The Hall–Kier alpha value is -1.36. The largest absolute Gasteiger partial charge is 0.506 e. The summed E-state index contributed by atoms with van der Waals surface area (Å²) < 4.78 is 7.34. The maximum atomic E-state index is 11.9. The maximum absolute atomic E-state index is 11.9. The van der Waals surface area contributed by atoms with Gasteiger partial charge in [0.05, 0.1) is 9.78 Å². The third kappa shape index (κ3) is 5.30. The molecule has 25 heavy (non-hydrogen) atoms. The number of phenolic OH excluding ortho intramolecular Hbond substituents is 1. The summed E-state index contributed by atoms with van der Waals surface area (Å²) in [6.45, 7) is 5.79. The zero-order valence-corrected chi connectivity index (χ0v) is 18.4. The molecular formula is C18H18I2N2O3. The average molecular weight is 564 g/mol. The molecule has 0 spiro atoms. The van der Waals surface area contributed by atoms with E-state index in [-0.39, 0.29) is 18.3 Å². The summed E-state index contributed by atoms with van der Waals surface area (Å²) in [5, 5.41) is 13.9. The van der Waals surface area contributed by atoms with E-state index in [1.165, 1.54) is 6.21 Å². The number of hydrogen-bond donors (Lipinski definition) is 2. The van der Waals surface area contributed by atoms with Gasteiger partial charge < -0.3 is 9.84 Å². The van der Waals surface area contributed by atoms with Crippen LogP contribution in [-0.2, 0) is 4.79 Å². The van der Waals surface area contributed by atoms with Gasteiger partial charge >= 0.3 is 0 Å². The number of rotatable bonds is 5. The second kappa shape index (κ2) is 8.84. The van der Waals surface area contributed by atoms with Crippen LogP contribution in [0.4, 0.5) is 0 Å². The van der Waals surface area contributed by atoms with Gasteiger partial charge in [0, 0.05) is 9.13 Å². The molecule has 2 aromatic carbocycles. The molecule has 0 radical (unpaired) electrons. The normalized spacial score (nSPS) is 10.9. The van der Waals surface area contributed by atoms with Crippen molar-refractivity contribution in [2.45, 2.75) is 20.8 Å². The van der Waals surface area contributed by atoms with Crippen LogP contribution in [0.3, 0.4) is 0 Å². The number of halogens is 2. The first-order chi connectivity index (χ1) is 11.8. The van der Waals surface area contributed by atoms with Crippen LogP contribution >= 0.6 is 45.2 Å². The Morgan fingerprint density at radius 2 is 1.92 bits per heavy atom. The van der Waals surface area contributed by atoms with E-state index in [9.17, 15) is 9.90 Å². The molecule has 2 rings (SSSR count). The van der Waals surface area contributed by atoms with Crippen LogP contribution in [0.15, 0.2) is 29.4 Å². The van der Waals surface area contributed by atoms with Crippen LogP contribution in [0.2, 0.25) is 0 Å². The van der Waals surface area contributed by atoms with Gasteiger partial charge in [-0.3, -0.25) is 4.79 Å². The van der Waals surface area contributed by atoms with Crippen LogP contribution in [0.25, 0.3) is 0 Å². The van der Waals surface area contributed by atoms with Crippen LogP contribution in [-0.4, -0.2) is 23.8 Å². The fourth-order valence-electron chi connectivity index (χ4n) is 2.18. The molecule has 5 nitrogen and oxygen atoms in total. The Morgan fingerprint density at radius 3 is 2.64 bits per heavy atom. The Balaban J connectivity index is 1.97. The molecule has 1 amide bonds. The molecule has 7 heteroatoms. The molecule has 0 aliphatic heterocycles. The number of carbonyl (C=O) groups excluding carboxylic acids is 1.